The Kier molecular flexibility index (Phi) is 3.86. The van der Waals surface area contributed by atoms with Crippen LogP contribution in [0, 0.1) is 23.1 Å². The van der Waals surface area contributed by atoms with Crippen molar-refractivity contribution < 1.29 is 14.3 Å². The van der Waals surface area contributed by atoms with Gasteiger partial charge in [-0.1, -0.05) is 12.1 Å². The van der Waals surface area contributed by atoms with Crippen LogP contribution in [0.1, 0.15) is 25.3 Å². The summed E-state index contributed by atoms with van der Waals surface area (Å²) in [6, 6.07) is 7.95. The number of nitrogens with zero attached hydrogens (tertiary/aromatic N) is 2. The zero-order valence-electron chi connectivity index (χ0n) is 13.1. The van der Waals surface area contributed by atoms with Gasteiger partial charge in [0.2, 0.25) is 5.91 Å². The summed E-state index contributed by atoms with van der Waals surface area (Å²) in [4.78, 5) is 13.9. The Morgan fingerprint density at radius 3 is 2.61 bits per heavy atom. The minimum absolute atomic E-state index is 0.146. The predicted octanol–water partition coefficient (Wildman–Crippen LogP) is 1.14. The summed E-state index contributed by atoms with van der Waals surface area (Å²) in [5.41, 5.74) is -1.19. The van der Waals surface area contributed by atoms with E-state index in [1.165, 1.54) is 12.1 Å². The molecule has 0 radical (unpaired) electrons. The Morgan fingerprint density at radius 2 is 2.09 bits per heavy atom. The van der Waals surface area contributed by atoms with Crippen molar-refractivity contribution in [2.24, 2.45) is 5.92 Å². The molecule has 1 amide bonds. The number of carbonyl (C=O) groups excluding carboxylic acids is 1. The first-order valence-electron chi connectivity index (χ1n) is 7.78. The van der Waals surface area contributed by atoms with Gasteiger partial charge in [-0.15, -0.1) is 0 Å². The summed E-state index contributed by atoms with van der Waals surface area (Å²) < 4.78 is 12.9. The average Bonchev–Trinajstić information content (AvgIpc) is 3.31. The number of β-amino-alcohol motifs (C(OH)–C–C–N with tert-alkyl or cyclic N) is 1. The van der Waals surface area contributed by atoms with E-state index < -0.39 is 11.1 Å². The van der Waals surface area contributed by atoms with E-state index in [1.54, 1.807) is 19.1 Å². The molecule has 0 aromatic heterocycles. The number of benzene rings is 1. The van der Waals surface area contributed by atoms with Gasteiger partial charge in [0.1, 0.15) is 17.0 Å². The van der Waals surface area contributed by atoms with Crippen LogP contribution in [0.15, 0.2) is 24.3 Å². The molecule has 2 fully saturated rings. The average molecular weight is 317 g/mol. The molecule has 122 valence electrons. The normalized spacial score (nSPS) is 22.5. The van der Waals surface area contributed by atoms with Gasteiger partial charge >= 0.3 is 0 Å². The van der Waals surface area contributed by atoms with Crippen molar-refractivity contribution in [2.75, 3.05) is 19.6 Å². The molecule has 2 N–H and O–H groups in total. The lowest BCUT2D eigenvalue weighted by Crippen LogP contribution is -2.62. The molecule has 23 heavy (non-hydrogen) atoms. The van der Waals surface area contributed by atoms with Gasteiger partial charge in [0.15, 0.2) is 0 Å². The number of hydrogen-bond donors (Lipinski definition) is 2. The van der Waals surface area contributed by atoms with Gasteiger partial charge in [-0.3, -0.25) is 9.69 Å². The fourth-order valence-corrected chi connectivity index (χ4v) is 3.16. The summed E-state index contributed by atoms with van der Waals surface area (Å²) in [5.74, 6) is -0.310. The van der Waals surface area contributed by atoms with Crippen LogP contribution in [0.2, 0.25) is 0 Å². The quantitative estimate of drug-likeness (QED) is 0.854. The molecule has 1 aromatic carbocycles. The summed E-state index contributed by atoms with van der Waals surface area (Å²) in [6.07, 6.45) is 1.94. The van der Waals surface area contributed by atoms with Crippen molar-refractivity contribution in [1.82, 2.24) is 10.2 Å². The van der Waals surface area contributed by atoms with Crippen LogP contribution < -0.4 is 5.32 Å². The molecule has 1 atom stereocenters. The van der Waals surface area contributed by atoms with Gasteiger partial charge in [-0.25, -0.2) is 4.39 Å². The standard InChI is InChI=1S/C17H20FN3O2/c1-16(9-19,12-2-3-12)20-15(22)8-21-10-17(23,11-21)13-4-6-14(18)7-5-13/h4-7,12,23H,2-3,8,10-11H2,1H3,(H,20,22). The zero-order valence-corrected chi connectivity index (χ0v) is 13.1. The third-order valence-corrected chi connectivity index (χ3v) is 4.74. The van der Waals surface area contributed by atoms with Crippen molar-refractivity contribution in [3.05, 3.63) is 35.6 Å². The van der Waals surface area contributed by atoms with E-state index in [2.05, 4.69) is 11.4 Å². The van der Waals surface area contributed by atoms with Gasteiger partial charge in [-0.05, 0) is 43.4 Å². The Hall–Kier alpha value is -1.97. The van der Waals surface area contributed by atoms with Crippen molar-refractivity contribution in [1.29, 1.82) is 5.26 Å². The number of amides is 1. The first-order valence-corrected chi connectivity index (χ1v) is 7.78. The highest BCUT2D eigenvalue weighted by molar-refractivity contribution is 5.79. The minimum atomic E-state index is -1.04. The smallest absolute Gasteiger partial charge is 0.235 e. The second-order valence-corrected chi connectivity index (χ2v) is 6.82. The molecule has 2 aliphatic rings. The molecule has 0 bridgehead atoms. The van der Waals surface area contributed by atoms with E-state index in [9.17, 15) is 19.6 Å². The molecule has 1 saturated carbocycles. The molecule has 1 unspecified atom stereocenters. The number of carbonyl (C=O) groups is 1. The molecule has 1 aromatic rings. The molecule has 3 rings (SSSR count). The lowest BCUT2D eigenvalue weighted by atomic mass is 9.86. The minimum Gasteiger partial charge on any atom is -0.382 e. The van der Waals surface area contributed by atoms with Gasteiger partial charge in [0.05, 0.1) is 12.6 Å². The van der Waals surface area contributed by atoms with E-state index in [0.29, 0.717) is 18.7 Å². The third-order valence-electron chi connectivity index (χ3n) is 4.74. The SMILES string of the molecule is CC(C#N)(NC(=O)CN1CC(O)(c2ccc(F)cc2)C1)C1CC1. The molecule has 1 saturated heterocycles. The molecule has 5 nitrogen and oxygen atoms in total. The number of likely N-dealkylation sites (tertiary alicyclic amines) is 1. The van der Waals surface area contributed by atoms with E-state index in [4.69, 9.17) is 0 Å². The first kappa shape index (κ1) is 15.9. The maximum Gasteiger partial charge on any atom is 0.235 e. The number of halogens is 1. The van der Waals surface area contributed by atoms with Crippen LogP contribution in [0.3, 0.4) is 0 Å². The Balaban J connectivity index is 1.52. The van der Waals surface area contributed by atoms with Crippen molar-refractivity contribution in [2.45, 2.75) is 30.9 Å². The van der Waals surface area contributed by atoms with E-state index in [-0.39, 0.29) is 24.2 Å². The third kappa shape index (κ3) is 3.21. The number of aliphatic hydroxyl groups is 1. The first-order chi connectivity index (χ1) is 10.8. The highest BCUT2D eigenvalue weighted by atomic mass is 19.1. The van der Waals surface area contributed by atoms with Gasteiger partial charge < -0.3 is 10.4 Å². The second-order valence-electron chi connectivity index (χ2n) is 6.82. The predicted molar refractivity (Wildman–Crippen MR) is 81.6 cm³/mol. The second kappa shape index (κ2) is 5.59. The topological polar surface area (TPSA) is 76.4 Å². The van der Waals surface area contributed by atoms with E-state index >= 15 is 0 Å². The number of hydrogen-bond acceptors (Lipinski definition) is 4. The number of nitriles is 1. The fourth-order valence-electron chi connectivity index (χ4n) is 3.16. The summed E-state index contributed by atoms with van der Waals surface area (Å²) in [5, 5.41) is 22.5. The molecule has 1 aliphatic carbocycles. The molecule has 0 spiro atoms. The zero-order chi connectivity index (χ0) is 16.7. The highest BCUT2D eigenvalue weighted by Gasteiger charge is 2.45. The molecule has 6 heteroatoms. The van der Waals surface area contributed by atoms with Crippen molar-refractivity contribution in [3.8, 4) is 6.07 Å². The highest BCUT2D eigenvalue weighted by Crippen LogP contribution is 2.39. The molecular formula is C17H20FN3O2. The van der Waals surface area contributed by atoms with E-state index in [0.717, 1.165) is 12.8 Å². The lowest BCUT2D eigenvalue weighted by Gasteiger charge is -2.46. The van der Waals surface area contributed by atoms with Gasteiger partial charge in [-0.2, -0.15) is 5.26 Å². The molecule has 1 aliphatic heterocycles. The maximum absolute atomic E-state index is 12.9. The Bertz CT molecular complexity index is 645. The fraction of sp³-hybridized carbons (Fsp3) is 0.529. The number of rotatable bonds is 5. The summed E-state index contributed by atoms with van der Waals surface area (Å²) in [7, 11) is 0. The molecular weight excluding hydrogens is 297 g/mol. The Labute approximate surface area is 134 Å². The number of nitrogens with one attached hydrogen (secondary N) is 1. The van der Waals surface area contributed by atoms with Crippen LogP contribution in [-0.2, 0) is 10.4 Å². The molecule has 1 heterocycles. The van der Waals surface area contributed by atoms with Crippen LogP contribution in [0.25, 0.3) is 0 Å². The lowest BCUT2D eigenvalue weighted by molar-refractivity contribution is -0.135. The maximum atomic E-state index is 12.9. The van der Waals surface area contributed by atoms with Crippen LogP contribution >= 0.6 is 0 Å². The largest absolute Gasteiger partial charge is 0.382 e. The van der Waals surface area contributed by atoms with Gasteiger partial charge in [0, 0.05) is 13.1 Å². The summed E-state index contributed by atoms with van der Waals surface area (Å²) in [6.45, 7) is 2.54. The summed E-state index contributed by atoms with van der Waals surface area (Å²) >= 11 is 0. The Morgan fingerprint density at radius 1 is 1.48 bits per heavy atom. The van der Waals surface area contributed by atoms with Crippen LogP contribution in [-0.4, -0.2) is 41.1 Å². The van der Waals surface area contributed by atoms with Crippen LogP contribution in [0.5, 0.6) is 0 Å². The monoisotopic (exact) mass is 317 g/mol. The van der Waals surface area contributed by atoms with E-state index in [1.807, 2.05) is 4.90 Å². The van der Waals surface area contributed by atoms with Gasteiger partial charge in [0.25, 0.3) is 0 Å². The van der Waals surface area contributed by atoms with Crippen LogP contribution in [0.4, 0.5) is 4.39 Å². The van der Waals surface area contributed by atoms with Crippen molar-refractivity contribution in [3.63, 3.8) is 0 Å². The van der Waals surface area contributed by atoms with Crippen molar-refractivity contribution >= 4 is 5.91 Å².